The van der Waals surface area contributed by atoms with E-state index in [1.54, 1.807) is 17.8 Å². The molecule has 2 aromatic carbocycles. The van der Waals surface area contributed by atoms with Crippen LogP contribution in [0, 0.1) is 6.92 Å². The topological polar surface area (TPSA) is 57.6 Å². The number of hydrogen-bond donors (Lipinski definition) is 1. The number of carbonyl (C=O) groups excluding carboxylic acids is 1. The number of aryl methyl sites for hydroxylation is 1. The highest BCUT2D eigenvalue weighted by atomic mass is 32.2. The van der Waals surface area contributed by atoms with Crippen LogP contribution in [0.15, 0.2) is 63.2 Å². The fourth-order valence-electron chi connectivity index (χ4n) is 2.30. The molecule has 0 bridgehead atoms. The van der Waals surface area contributed by atoms with Crippen molar-refractivity contribution < 1.29 is 14.7 Å². The Labute approximate surface area is 165 Å². The Morgan fingerprint density at radius 1 is 1.15 bits per heavy atom. The van der Waals surface area contributed by atoms with Gasteiger partial charge in [0.25, 0.3) is 5.91 Å². The zero-order valence-electron chi connectivity index (χ0n) is 13.8. The molecule has 1 aliphatic rings. The fourth-order valence-corrected chi connectivity index (χ4v) is 4.37. The lowest BCUT2D eigenvalue weighted by Gasteiger charge is -2.10. The van der Waals surface area contributed by atoms with Gasteiger partial charge in [-0.15, -0.1) is 0 Å². The summed E-state index contributed by atoms with van der Waals surface area (Å²) in [6.45, 7) is 1.65. The Morgan fingerprint density at radius 3 is 2.31 bits per heavy atom. The number of rotatable bonds is 5. The SMILES string of the molecule is Cc1ccc(Sc2ccc(/C=C3/SC(=S)N(CC(=O)O)C3=O)cc2)cc1. The smallest absolute Gasteiger partial charge is 0.323 e. The molecule has 1 saturated heterocycles. The van der Waals surface area contributed by atoms with E-state index in [9.17, 15) is 9.59 Å². The van der Waals surface area contributed by atoms with Gasteiger partial charge in [-0.25, -0.2) is 0 Å². The minimum atomic E-state index is -1.08. The molecule has 1 heterocycles. The first kappa shape index (κ1) is 18.7. The van der Waals surface area contributed by atoms with Gasteiger partial charge in [0.15, 0.2) is 0 Å². The standard InChI is InChI=1S/C19H15NO3S3/c1-12-2-6-14(7-3-12)25-15-8-4-13(5-9-15)10-16-18(23)20(11-17(21)22)19(24)26-16/h2-10H,11H2,1H3,(H,21,22)/b16-10+. The fraction of sp³-hybridized carbons (Fsp3) is 0.105. The summed E-state index contributed by atoms with van der Waals surface area (Å²) in [5.74, 6) is -1.44. The molecule has 0 unspecified atom stereocenters. The molecule has 0 aliphatic carbocycles. The van der Waals surface area contributed by atoms with Gasteiger partial charge in [0, 0.05) is 9.79 Å². The molecule has 0 saturated carbocycles. The zero-order valence-corrected chi connectivity index (χ0v) is 16.3. The summed E-state index contributed by atoms with van der Waals surface area (Å²) in [4.78, 5) is 26.9. The van der Waals surface area contributed by atoms with E-state index in [0.29, 0.717) is 4.91 Å². The first-order valence-corrected chi connectivity index (χ1v) is 9.78. The number of thiocarbonyl (C=S) groups is 1. The first-order chi connectivity index (χ1) is 12.4. The molecule has 0 atom stereocenters. The van der Waals surface area contributed by atoms with Crippen molar-refractivity contribution in [2.24, 2.45) is 0 Å². The monoisotopic (exact) mass is 401 g/mol. The van der Waals surface area contributed by atoms with Crippen LogP contribution in [0.25, 0.3) is 6.08 Å². The van der Waals surface area contributed by atoms with Crippen LogP contribution in [0.4, 0.5) is 0 Å². The highest BCUT2D eigenvalue weighted by Crippen LogP contribution is 2.33. The summed E-state index contributed by atoms with van der Waals surface area (Å²) in [5.41, 5.74) is 2.10. The molecule has 7 heteroatoms. The van der Waals surface area contributed by atoms with E-state index in [-0.39, 0.29) is 10.2 Å². The average molecular weight is 402 g/mol. The summed E-state index contributed by atoms with van der Waals surface area (Å²) in [5, 5.41) is 8.87. The maximum atomic E-state index is 12.3. The minimum absolute atomic E-state index is 0.273. The van der Waals surface area contributed by atoms with Gasteiger partial charge in [-0.3, -0.25) is 14.5 Å². The van der Waals surface area contributed by atoms with Gasteiger partial charge in [-0.2, -0.15) is 0 Å². The molecule has 4 nitrogen and oxygen atoms in total. The lowest BCUT2D eigenvalue weighted by Crippen LogP contribution is -2.33. The highest BCUT2D eigenvalue weighted by Gasteiger charge is 2.33. The second-order valence-electron chi connectivity index (χ2n) is 5.65. The summed E-state index contributed by atoms with van der Waals surface area (Å²) in [7, 11) is 0. The molecule has 3 rings (SSSR count). The Bertz CT molecular complexity index is 889. The molecule has 26 heavy (non-hydrogen) atoms. The lowest BCUT2D eigenvalue weighted by molar-refractivity contribution is -0.140. The van der Waals surface area contributed by atoms with Crippen molar-refractivity contribution in [3.63, 3.8) is 0 Å². The van der Waals surface area contributed by atoms with Crippen LogP contribution in [0.3, 0.4) is 0 Å². The number of carbonyl (C=O) groups is 2. The van der Waals surface area contributed by atoms with Gasteiger partial charge in [0.1, 0.15) is 10.9 Å². The van der Waals surface area contributed by atoms with E-state index in [1.807, 2.05) is 24.3 Å². The number of nitrogens with zero attached hydrogens (tertiary/aromatic N) is 1. The van der Waals surface area contributed by atoms with Crippen LogP contribution in [0.2, 0.25) is 0 Å². The van der Waals surface area contributed by atoms with Crippen molar-refractivity contribution in [3.8, 4) is 0 Å². The van der Waals surface area contributed by atoms with E-state index in [1.165, 1.54) is 5.56 Å². The van der Waals surface area contributed by atoms with Gasteiger partial charge < -0.3 is 5.11 Å². The normalized spacial score (nSPS) is 15.7. The van der Waals surface area contributed by atoms with Crippen molar-refractivity contribution in [3.05, 3.63) is 64.6 Å². The van der Waals surface area contributed by atoms with Crippen molar-refractivity contribution in [2.75, 3.05) is 6.54 Å². The van der Waals surface area contributed by atoms with Crippen LogP contribution in [-0.4, -0.2) is 32.7 Å². The Balaban J connectivity index is 1.71. The third-order valence-corrected chi connectivity index (χ3v) is 6.00. The summed E-state index contributed by atoms with van der Waals surface area (Å²) in [6, 6.07) is 16.2. The summed E-state index contributed by atoms with van der Waals surface area (Å²) >= 11 is 7.89. The van der Waals surface area contributed by atoms with E-state index in [0.717, 1.165) is 32.0 Å². The molecule has 1 aliphatic heterocycles. The largest absolute Gasteiger partial charge is 0.480 e. The van der Waals surface area contributed by atoms with Crippen molar-refractivity contribution >= 4 is 58.0 Å². The second-order valence-corrected chi connectivity index (χ2v) is 8.47. The molecule has 132 valence electrons. The molecule has 2 aromatic rings. The first-order valence-electron chi connectivity index (χ1n) is 7.74. The zero-order chi connectivity index (χ0) is 18.7. The number of benzene rings is 2. The van der Waals surface area contributed by atoms with E-state index in [2.05, 4.69) is 31.2 Å². The molecule has 0 aromatic heterocycles. The van der Waals surface area contributed by atoms with Crippen LogP contribution in [-0.2, 0) is 9.59 Å². The molecule has 1 fully saturated rings. The maximum absolute atomic E-state index is 12.3. The molecular formula is C19H15NO3S3. The van der Waals surface area contributed by atoms with Gasteiger partial charge in [-0.05, 0) is 42.8 Å². The van der Waals surface area contributed by atoms with Crippen LogP contribution < -0.4 is 0 Å². The van der Waals surface area contributed by atoms with Crippen LogP contribution in [0.1, 0.15) is 11.1 Å². The van der Waals surface area contributed by atoms with Gasteiger partial charge in [-0.1, -0.05) is 65.6 Å². The minimum Gasteiger partial charge on any atom is -0.480 e. The highest BCUT2D eigenvalue weighted by molar-refractivity contribution is 8.26. The molecule has 0 spiro atoms. The van der Waals surface area contributed by atoms with Crippen LogP contribution in [0.5, 0.6) is 0 Å². The van der Waals surface area contributed by atoms with Crippen molar-refractivity contribution in [1.82, 2.24) is 4.90 Å². The lowest BCUT2D eigenvalue weighted by atomic mass is 10.2. The summed E-state index contributed by atoms with van der Waals surface area (Å²) in [6.07, 6.45) is 1.74. The van der Waals surface area contributed by atoms with Crippen molar-refractivity contribution in [2.45, 2.75) is 16.7 Å². The predicted octanol–water partition coefficient (Wildman–Crippen LogP) is 4.43. The maximum Gasteiger partial charge on any atom is 0.323 e. The Kier molecular flexibility index (Phi) is 5.80. The molecular weight excluding hydrogens is 386 g/mol. The molecule has 1 amide bonds. The Hall–Kier alpha value is -2.09. The molecule has 1 N–H and O–H groups in total. The molecule has 0 radical (unpaired) electrons. The van der Waals surface area contributed by atoms with E-state index >= 15 is 0 Å². The number of amides is 1. The third-order valence-electron chi connectivity index (χ3n) is 3.60. The Morgan fingerprint density at radius 2 is 1.73 bits per heavy atom. The number of thioether (sulfide) groups is 1. The van der Waals surface area contributed by atoms with Crippen molar-refractivity contribution in [1.29, 1.82) is 0 Å². The summed E-state index contributed by atoms with van der Waals surface area (Å²) < 4.78 is 0.273. The quantitative estimate of drug-likeness (QED) is 0.591. The predicted molar refractivity (Wildman–Crippen MR) is 109 cm³/mol. The number of carboxylic acids is 1. The second kappa shape index (κ2) is 8.07. The van der Waals surface area contributed by atoms with E-state index in [4.69, 9.17) is 17.3 Å². The third kappa shape index (κ3) is 4.55. The van der Waals surface area contributed by atoms with Crippen LogP contribution >= 0.6 is 35.7 Å². The van der Waals surface area contributed by atoms with Gasteiger partial charge >= 0.3 is 5.97 Å². The number of carboxylic acid groups (broad SMARTS) is 1. The number of aliphatic carboxylic acids is 1. The van der Waals surface area contributed by atoms with Gasteiger partial charge in [0.05, 0.1) is 4.91 Å². The number of hydrogen-bond acceptors (Lipinski definition) is 5. The van der Waals surface area contributed by atoms with Gasteiger partial charge in [0.2, 0.25) is 0 Å². The van der Waals surface area contributed by atoms with E-state index < -0.39 is 12.5 Å². The average Bonchev–Trinajstić information content (AvgIpc) is 2.86.